The van der Waals surface area contributed by atoms with E-state index in [9.17, 15) is 4.79 Å². The second kappa shape index (κ2) is 9.38. The molecule has 1 aromatic carbocycles. The Balaban J connectivity index is 1.36. The molecule has 0 unspecified atom stereocenters. The highest BCUT2D eigenvalue weighted by Gasteiger charge is 2.28. The SMILES string of the molecule is COc1ccc(CCN2CCC(CN(C)C(=O)[C@@H]3CCOC3)CC2)cc1. The molecule has 2 saturated heterocycles. The maximum Gasteiger partial charge on any atom is 0.227 e. The number of benzene rings is 1. The summed E-state index contributed by atoms with van der Waals surface area (Å²) >= 11 is 0. The molecule has 1 atom stereocenters. The maximum absolute atomic E-state index is 12.4. The lowest BCUT2D eigenvalue weighted by atomic mass is 9.95. The van der Waals surface area contributed by atoms with Crippen LogP contribution in [-0.2, 0) is 16.0 Å². The van der Waals surface area contributed by atoms with E-state index in [4.69, 9.17) is 9.47 Å². The van der Waals surface area contributed by atoms with Gasteiger partial charge in [0.25, 0.3) is 0 Å². The molecule has 0 aliphatic carbocycles. The zero-order valence-electron chi connectivity index (χ0n) is 16.2. The van der Waals surface area contributed by atoms with E-state index < -0.39 is 0 Å². The van der Waals surface area contributed by atoms with E-state index in [1.807, 2.05) is 24.1 Å². The van der Waals surface area contributed by atoms with Gasteiger partial charge in [-0.05, 0) is 62.4 Å². The van der Waals surface area contributed by atoms with Crippen molar-refractivity contribution < 1.29 is 14.3 Å². The molecule has 2 aliphatic heterocycles. The van der Waals surface area contributed by atoms with Gasteiger partial charge in [0.15, 0.2) is 0 Å². The Kier molecular flexibility index (Phi) is 6.92. The summed E-state index contributed by atoms with van der Waals surface area (Å²) in [7, 11) is 3.66. The third-order valence-electron chi connectivity index (χ3n) is 5.77. The number of carbonyl (C=O) groups excluding carboxylic acids is 1. The Hall–Kier alpha value is -1.59. The van der Waals surface area contributed by atoms with E-state index in [0.717, 1.165) is 51.4 Å². The fourth-order valence-corrected chi connectivity index (χ4v) is 3.99. The van der Waals surface area contributed by atoms with Gasteiger partial charge in [-0.1, -0.05) is 12.1 Å². The molecule has 144 valence electrons. The third kappa shape index (κ3) is 5.21. The van der Waals surface area contributed by atoms with Crippen molar-refractivity contribution in [2.45, 2.75) is 25.7 Å². The highest BCUT2D eigenvalue weighted by Crippen LogP contribution is 2.21. The van der Waals surface area contributed by atoms with Crippen LogP contribution in [0.5, 0.6) is 5.75 Å². The average Bonchev–Trinajstić information content (AvgIpc) is 3.22. The molecule has 2 aliphatic rings. The van der Waals surface area contributed by atoms with Crippen LogP contribution in [0.4, 0.5) is 0 Å². The van der Waals surface area contributed by atoms with Crippen LogP contribution >= 0.6 is 0 Å². The second-order valence-corrected chi connectivity index (χ2v) is 7.66. The number of piperidine rings is 1. The van der Waals surface area contributed by atoms with Crippen molar-refractivity contribution in [1.29, 1.82) is 0 Å². The first-order chi connectivity index (χ1) is 12.7. The minimum absolute atomic E-state index is 0.0876. The number of hydrogen-bond acceptors (Lipinski definition) is 4. The molecule has 0 saturated carbocycles. The molecular formula is C21H32N2O3. The van der Waals surface area contributed by atoms with Gasteiger partial charge < -0.3 is 19.3 Å². The highest BCUT2D eigenvalue weighted by molar-refractivity contribution is 5.78. The zero-order valence-corrected chi connectivity index (χ0v) is 16.2. The largest absolute Gasteiger partial charge is 0.497 e. The summed E-state index contributed by atoms with van der Waals surface area (Å²) in [5.41, 5.74) is 1.36. The van der Waals surface area contributed by atoms with Crippen molar-refractivity contribution in [2.24, 2.45) is 11.8 Å². The zero-order chi connectivity index (χ0) is 18.4. The molecule has 0 aromatic heterocycles. The molecule has 0 spiro atoms. The first kappa shape index (κ1) is 19.2. The van der Waals surface area contributed by atoms with Crippen molar-refractivity contribution in [2.75, 3.05) is 53.6 Å². The van der Waals surface area contributed by atoms with Crippen LogP contribution in [0.15, 0.2) is 24.3 Å². The van der Waals surface area contributed by atoms with Gasteiger partial charge >= 0.3 is 0 Å². The van der Waals surface area contributed by atoms with Gasteiger partial charge in [0.1, 0.15) is 5.75 Å². The van der Waals surface area contributed by atoms with Crippen molar-refractivity contribution >= 4 is 5.91 Å². The molecule has 5 heteroatoms. The van der Waals surface area contributed by atoms with Crippen LogP contribution in [0.2, 0.25) is 0 Å². The Morgan fingerprint density at radius 1 is 1.23 bits per heavy atom. The van der Waals surface area contributed by atoms with Gasteiger partial charge in [-0.25, -0.2) is 0 Å². The number of ether oxygens (including phenoxy) is 2. The molecule has 3 rings (SSSR count). The second-order valence-electron chi connectivity index (χ2n) is 7.66. The van der Waals surface area contributed by atoms with E-state index in [0.29, 0.717) is 12.5 Å². The van der Waals surface area contributed by atoms with Crippen molar-refractivity contribution in [1.82, 2.24) is 9.80 Å². The number of hydrogen-bond donors (Lipinski definition) is 0. The molecule has 2 heterocycles. The number of amides is 1. The van der Waals surface area contributed by atoms with Crippen LogP contribution in [0, 0.1) is 11.8 Å². The van der Waals surface area contributed by atoms with E-state index in [-0.39, 0.29) is 11.8 Å². The molecule has 0 bridgehead atoms. The quantitative estimate of drug-likeness (QED) is 0.749. The molecule has 5 nitrogen and oxygen atoms in total. The number of likely N-dealkylation sites (tertiary alicyclic amines) is 1. The van der Waals surface area contributed by atoms with Crippen LogP contribution in [0.1, 0.15) is 24.8 Å². The molecule has 0 radical (unpaired) electrons. The molecule has 26 heavy (non-hydrogen) atoms. The summed E-state index contributed by atoms with van der Waals surface area (Å²) < 4.78 is 10.6. The van der Waals surface area contributed by atoms with Crippen molar-refractivity contribution in [3.8, 4) is 5.75 Å². The minimum atomic E-state index is 0.0876. The summed E-state index contributed by atoms with van der Waals surface area (Å²) in [4.78, 5) is 16.9. The number of carbonyl (C=O) groups is 1. The standard InChI is InChI=1S/C21H32N2O3/c1-22(21(24)19-10-14-26-16-19)15-18-8-12-23(13-9-18)11-7-17-3-5-20(25-2)6-4-17/h3-6,18-19H,7-16H2,1-2H3/t19-/m1/s1. The summed E-state index contributed by atoms with van der Waals surface area (Å²) in [5.74, 6) is 1.90. The maximum atomic E-state index is 12.4. The summed E-state index contributed by atoms with van der Waals surface area (Å²) in [6, 6.07) is 8.37. The van der Waals surface area contributed by atoms with E-state index in [1.165, 1.54) is 18.4 Å². The topological polar surface area (TPSA) is 42.0 Å². The molecule has 1 aromatic rings. The van der Waals surface area contributed by atoms with Crippen LogP contribution in [-0.4, -0.2) is 69.3 Å². The summed E-state index contributed by atoms with van der Waals surface area (Å²) in [6.07, 6.45) is 4.32. The minimum Gasteiger partial charge on any atom is -0.497 e. The Bertz CT molecular complexity index is 561. The summed E-state index contributed by atoms with van der Waals surface area (Å²) in [6.45, 7) is 5.60. The van der Waals surface area contributed by atoms with Gasteiger partial charge in [0, 0.05) is 26.7 Å². The first-order valence-corrected chi connectivity index (χ1v) is 9.83. The third-order valence-corrected chi connectivity index (χ3v) is 5.77. The number of rotatable bonds is 7. The monoisotopic (exact) mass is 360 g/mol. The lowest BCUT2D eigenvalue weighted by Gasteiger charge is -2.34. The lowest BCUT2D eigenvalue weighted by molar-refractivity contribution is -0.134. The van der Waals surface area contributed by atoms with Gasteiger partial charge in [0.2, 0.25) is 5.91 Å². The smallest absolute Gasteiger partial charge is 0.227 e. The molecule has 1 amide bonds. The van der Waals surface area contributed by atoms with Crippen LogP contribution < -0.4 is 4.74 Å². The number of nitrogens with zero attached hydrogens (tertiary/aromatic N) is 2. The van der Waals surface area contributed by atoms with E-state index in [1.54, 1.807) is 7.11 Å². The van der Waals surface area contributed by atoms with Gasteiger partial charge in [-0.15, -0.1) is 0 Å². The lowest BCUT2D eigenvalue weighted by Crippen LogP contribution is -2.41. The average molecular weight is 360 g/mol. The van der Waals surface area contributed by atoms with Crippen molar-refractivity contribution in [3.63, 3.8) is 0 Å². The molecule has 0 N–H and O–H groups in total. The Morgan fingerprint density at radius 3 is 2.58 bits per heavy atom. The fraction of sp³-hybridized carbons (Fsp3) is 0.667. The van der Waals surface area contributed by atoms with E-state index in [2.05, 4.69) is 17.0 Å². The van der Waals surface area contributed by atoms with Crippen LogP contribution in [0.25, 0.3) is 0 Å². The highest BCUT2D eigenvalue weighted by atomic mass is 16.5. The number of methoxy groups -OCH3 is 1. The van der Waals surface area contributed by atoms with Crippen LogP contribution in [0.3, 0.4) is 0 Å². The van der Waals surface area contributed by atoms with Gasteiger partial charge in [-0.2, -0.15) is 0 Å². The Morgan fingerprint density at radius 2 is 1.96 bits per heavy atom. The van der Waals surface area contributed by atoms with E-state index >= 15 is 0 Å². The predicted molar refractivity (Wildman–Crippen MR) is 102 cm³/mol. The molecular weight excluding hydrogens is 328 g/mol. The normalized spacial score (nSPS) is 21.7. The van der Waals surface area contributed by atoms with Gasteiger partial charge in [0.05, 0.1) is 19.6 Å². The first-order valence-electron chi connectivity index (χ1n) is 9.83. The van der Waals surface area contributed by atoms with Crippen molar-refractivity contribution in [3.05, 3.63) is 29.8 Å². The molecule has 2 fully saturated rings. The predicted octanol–water partition coefficient (Wildman–Crippen LogP) is 2.44. The summed E-state index contributed by atoms with van der Waals surface area (Å²) in [5, 5.41) is 0. The fourth-order valence-electron chi connectivity index (χ4n) is 3.99. The Labute approximate surface area is 157 Å². The van der Waals surface area contributed by atoms with Gasteiger partial charge in [-0.3, -0.25) is 4.79 Å².